The second kappa shape index (κ2) is 7.85. The normalized spacial score (nSPS) is 25.1. The zero-order chi connectivity index (χ0) is 11.7. The van der Waals surface area contributed by atoms with Crippen molar-refractivity contribution in [1.29, 1.82) is 0 Å². The molecule has 5 heteroatoms. The molecule has 1 aliphatic heterocycles. The molecule has 0 aromatic rings. The summed E-state index contributed by atoms with van der Waals surface area (Å²) in [5, 5.41) is 0.287. The predicted molar refractivity (Wildman–Crippen MR) is 72.2 cm³/mol. The molecular formula is C12H25BrMgO2Si. The monoisotopic (exact) mass is 332 g/mol. The first-order chi connectivity index (χ1) is 6.72. The van der Waals surface area contributed by atoms with Crippen molar-refractivity contribution in [2.75, 3.05) is 6.61 Å². The van der Waals surface area contributed by atoms with E-state index in [2.05, 4.69) is 40.8 Å². The first kappa shape index (κ1) is 20.7. The first-order valence-electron chi connectivity index (χ1n) is 5.85. The van der Waals surface area contributed by atoms with Gasteiger partial charge in [-0.3, -0.25) is 0 Å². The molecule has 0 unspecified atom stereocenters. The van der Waals surface area contributed by atoms with E-state index in [9.17, 15) is 0 Å². The summed E-state index contributed by atoms with van der Waals surface area (Å²) in [6, 6.07) is 0. The molecule has 2 nitrogen and oxygen atoms in total. The maximum Gasteiger partial charge on any atom is 2.00 e. The molecule has 0 saturated carbocycles. The molecule has 0 aromatic heterocycles. The summed E-state index contributed by atoms with van der Waals surface area (Å²) in [6.07, 6.45) is 2.63. The van der Waals surface area contributed by atoms with Gasteiger partial charge in [0.2, 0.25) is 0 Å². The zero-order valence-electron chi connectivity index (χ0n) is 11.9. The summed E-state index contributed by atoms with van der Waals surface area (Å²) < 4.78 is 11.8. The maximum atomic E-state index is 6.11. The summed E-state index contributed by atoms with van der Waals surface area (Å²) in [6.45, 7) is 16.0. The Morgan fingerprint density at radius 1 is 1.29 bits per heavy atom. The van der Waals surface area contributed by atoms with Crippen LogP contribution in [0.3, 0.4) is 0 Å². The van der Waals surface area contributed by atoms with Gasteiger partial charge < -0.3 is 33.1 Å². The molecular weight excluding hydrogens is 308 g/mol. The van der Waals surface area contributed by atoms with Crippen molar-refractivity contribution in [3.8, 4) is 0 Å². The standard InChI is InChI=1S/C12H25O2Si.BrH.Mg/c1-10-7-8-11(14-10)9-13-15(5,6)12(2,3)4;;/h10-11H,1,7-9H2,2-6H3;1H;/q-1;;+2/p-1/t10-,11-;;/m0../s1. The van der Waals surface area contributed by atoms with Gasteiger partial charge in [-0.2, -0.15) is 0 Å². The number of hydrogen-bond acceptors (Lipinski definition) is 2. The quantitative estimate of drug-likeness (QED) is 0.535. The van der Waals surface area contributed by atoms with Crippen LogP contribution < -0.4 is 17.0 Å². The van der Waals surface area contributed by atoms with Crippen molar-refractivity contribution < 1.29 is 26.1 Å². The average molecular weight is 334 g/mol. The second-order valence-corrected chi connectivity index (χ2v) is 10.8. The average Bonchev–Trinajstić information content (AvgIpc) is 2.46. The SMILES string of the molecule is [Br-].[CH2-][C@H]1CC[C@@H](CO[Si](C)(C)C(C)(C)C)O1.[Mg+2]. The van der Waals surface area contributed by atoms with E-state index in [-0.39, 0.29) is 57.3 Å². The third-order valence-electron chi connectivity index (χ3n) is 3.63. The molecule has 0 radical (unpaired) electrons. The molecule has 2 atom stereocenters. The van der Waals surface area contributed by atoms with Gasteiger partial charge in [0.25, 0.3) is 0 Å². The largest absolute Gasteiger partial charge is 2.00 e. The molecule has 0 spiro atoms. The van der Waals surface area contributed by atoms with Gasteiger partial charge in [0.1, 0.15) is 0 Å². The molecule has 0 aromatic carbocycles. The van der Waals surface area contributed by atoms with E-state index in [0.717, 1.165) is 19.4 Å². The van der Waals surface area contributed by atoms with Gasteiger partial charge >= 0.3 is 23.1 Å². The van der Waals surface area contributed by atoms with Crippen molar-refractivity contribution in [2.24, 2.45) is 0 Å². The van der Waals surface area contributed by atoms with Crippen LogP contribution in [0.1, 0.15) is 33.6 Å². The Morgan fingerprint density at radius 2 is 1.82 bits per heavy atom. The van der Waals surface area contributed by atoms with Crippen LogP contribution in [0.2, 0.25) is 18.1 Å². The van der Waals surface area contributed by atoms with Crippen LogP contribution in [0.15, 0.2) is 0 Å². The molecule has 98 valence electrons. The van der Waals surface area contributed by atoms with E-state index in [4.69, 9.17) is 9.16 Å². The minimum atomic E-state index is -1.59. The Hall–Kier alpha value is 1.38. The smallest absolute Gasteiger partial charge is 1.00 e. The van der Waals surface area contributed by atoms with Crippen molar-refractivity contribution in [3.05, 3.63) is 6.92 Å². The summed E-state index contributed by atoms with van der Waals surface area (Å²) >= 11 is 0. The summed E-state index contributed by atoms with van der Waals surface area (Å²) in [4.78, 5) is 0. The predicted octanol–water partition coefficient (Wildman–Crippen LogP) is 0.0131. The van der Waals surface area contributed by atoms with E-state index in [1.165, 1.54) is 0 Å². The van der Waals surface area contributed by atoms with Gasteiger partial charge in [0, 0.05) is 0 Å². The second-order valence-electron chi connectivity index (χ2n) is 6.03. The molecule has 1 fully saturated rings. The number of ether oxygens (including phenoxy) is 1. The molecule has 0 N–H and O–H groups in total. The van der Waals surface area contributed by atoms with Gasteiger partial charge in [0.05, 0.1) is 12.7 Å². The van der Waals surface area contributed by atoms with Crippen LogP contribution in [0, 0.1) is 6.92 Å². The fourth-order valence-corrected chi connectivity index (χ4v) is 2.46. The van der Waals surface area contributed by atoms with Crippen LogP contribution >= 0.6 is 0 Å². The van der Waals surface area contributed by atoms with Crippen LogP contribution in [0.4, 0.5) is 0 Å². The van der Waals surface area contributed by atoms with Crippen LogP contribution in [0.5, 0.6) is 0 Å². The molecule has 1 saturated heterocycles. The van der Waals surface area contributed by atoms with Gasteiger partial charge in [-0.25, -0.2) is 0 Å². The van der Waals surface area contributed by atoms with Crippen LogP contribution in [-0.2, 0) is 9.16 Å². The molecule has 1 aliphatic rings. The first-order valence-corrected chi connectivity index (χ1v) is 8.76. The number of halogens is 1. The Labute approximate surface area is 134 Å². The van der Waals surface area contributed by atoms with Crippen molar-refractivity contribution >= 4 is 31.4 Å². The van der Waals surface area contributed by atoms with Gasteiger partial charge in [-0.05, 0) is 24.6 Å². The fraction of sp³-hybridized carbons (Fsp3) is 0.917. The van der Waals surface area contributed by atoms with Crippen molar-refractivity contribution in [1.82, 2.24) is 0 Å². The fourth-order valence-electron chi connectivity index (χ4n) is 1.42. The Morgan fingerprint density at radius 3 is 2.18 bits per heavy atom. The molecule has 0 bridgehead atoms. The van der Waals surface area contributed by atoms with E-state index in [0.29, 0.717) is 0 Å². The molecule has 1 heterocycles. The summed E-state index contributed by atoms with van der Waals surface area (Å²) in [5.74, 6) is 0. The zero-order valence-corrected chi connectivity index (χ0v) is 15.9. The van der Waals surface area contributed by atoms with E-state index in [1.807, 2.05) is 0 Å². The van der Waals surface area contributed by atoms with E-state index >= 15 is 0 Å². The maximum absolute atomic E-state index is 6.11. The molecule has 17 heavy (non-hydrogen) atoms. The van der Waals surface area contributed by atoms with E-state index < -0.39 is 8.32 Å². The van der Waals surface area contributed by atoms with Crippen LogP contribution in [-0.4, -0.2) is 50.2 Å². The summed E-state index contributed by atoms with van der Waals surface area (Å²) in [7, 11) is -1.59. The molecule has 1 rings (SSSR count). The molecule has 0 aliphatic carbocycles. The molecule has 0 amide bonds. The summed E-state index contributed by atoms with van der Waals surface area (Å²) in [5.41, 5.74) is 0. The topological polar surface area (TPSA) is 18.5 Å². The van der Waals surface area contributed by atoms with Gasteiger partial charge in [-0.1, -0.05) is 33.3 Å². The Bertz CT molecular complexity index is 219. The number of rotatable bonds is 3. The Kier molecular flexibility index (Phi) is 9.55. The van der Waals surface area contributed by atoms with Crippen molar-refractivity contribution in [2.45, 2.75) is 64.0 Å². The Balaban J connectivity index is 0. The van der Waals surface area contributed by atoms with Gasteiger partial charge in [-0.15, -0.1) is 0 Å². The third-order valence-corrected chi connectivity index (χ3v) is 8.13. The minimum absolute atomic E-state index is 0. The van der Waals surface area contributed by atoms with Crippen LogP contribution in [0.25, 0.3) is 0 Å². The third kappa shape index (κ3) is 6.38. The van der Waals surface area contributed by atoms with Crippen molar-refractivity contribution in [3.63, 3.8) is 0 Å². The van der Waals surface area contributed by atoms with E-state index in [1.54, 1.807) is 0 Å². The minimum Gasteiger partial charge on any atom is -1.00 e. The van der Waals surface area contributed by atoms with Gasteiger partial charge in [0.15, 0.2) is 8.32 Å². The number of hydrogen-bond donors (Lipinski definition) is 0.